The van der Waals surface area contributed by atoms with Gasteiger partial charge in [0.15, 0.2) is 11.5 Å². The number of halogens is 3. The topological polar surface area (TPSA) is 72.3 Å². The number of anilines is 1. The largest absolute Gasteiger partial charge is 0.401 e. The van der Waals surface area contributed by atoms with Gasteiger partial charge in [0, 0.05) is 17.5 Å². The van der Waals surface area contributed by atoms with Crippen LogP contribution in [-0.2, 0) is 6.42 Å². The Morgan fingerprint density at radius 3 is 2.53 bits per heavy atom. The normalized spacial score (nSPS) is 14.7. The molecule has 4 rings (SSSR count). The van der Waals surface area contributed by atoms with Gasteiger partial charge in [0.2, 0.25) is 5.95 Å². The lowest BCUT2D eigenvalue weighted by Crippen LogP contribution is -2.31. The van der Waals surface area contributed by atoms with E-state index >= 15 is 0 Å². The predicted octanol–water partition coefficient (Wildman–Crippen LogP) is 4.07. The van der Waals surface area contributed by atoms with Crippen LogP contribution in [0, 0.1) is 0 Å². The van der Waals surface area contributed by atoms with Crippen LogP contribution in [0.5, 0.6) is 0 Å². The van der Waals surface area contributed by atoms with Gasteiger partial charge in [-0.2, -0.15) is 17.7 Å². The number of rotatable bonds is 8. The standard InChI is InChI=1S/C21H25F3N6/c1-29(13-21(22,23)24)12-6-5-9-16-26-19-17(14-10-11-14)18(15-7-3-2-4-8-15)27-20(25)30(19)28-16/h2-4,7-8,14H,5-6,9-13H2,1H3,(H2,25,27). The lowest BCUT2D eigenvalue weighted by atomic mass is 10.0. The average Bonchev–Trinajstić information content (AvgIpc) is 3.42. The molecule has 2 N–H and O–H groups in total. The van der Waals surface area contributed by atoms with Crippen LogP contribution in [0.4, 0.5) is 19.1 Å². The second-order valence-electron chi connectivity index (χ2n) is 7.95. The quantitative estimate of drug-likeness (QED) is 0.559. The summed E-state index contributed by atoms with van der Waals surface area (Å²) in [5.41, 5.74) is 9.88. The van der Waals surface area contributed by atoms with Crippen LogP contribution in [0.25, 0.3) is 16.9 Å². The van der Waals surface area contributed by atoms with Gasteiger partial charge >= 0.3 is 6.18 Å². The van der Waals surface area contributed by atoms with Gasteiger partial charge in [-0.15, -0.1) is 5.10 Å². The number of nitrogen functional groups attached to an aromatic ring is 1. The maximum absolute atomic E-state index is 12.4. The second kappa shape index (κ2) is 8.22. The minimum Gasteiger partial charge on any atom is -0.368 e. The van der Waals surface area contributed by atoms with E-state index in [0.717, 1.165) is 35.3 Å². The van der Waals surface area contributed by atoms with Crippen molar-refractivity contribution >= 4 is 11.6 Å². The smallest absolute Gasteiger partial charge is 0.368 e. The molecule has 1 fully saturated rings. The molecule has 0 unspecified atom stereocenters. The maximum atomic E-state index is 12.4. The van der Waals surface area contributed by atoms with E-state index in [1.54, 1.807) is 4.52 Å². The van der Waals surface area contributed by atoms with Gasteiger partial charge in [-0.1, -0.05) is 30.3 Å². The first kappa shape index (κ1) is 20.6. The minimum atomic E-state index is -4.17. The van der Waals surface area contributed by atoms with Crippen LogP contribution < -0.4 is 5.73 Å². The molecule has 30 heavy (non-hydrogen) atoms. The van der Waals surface area contributed by atoms with Crippen LogP contribution in [0.15, 0.2) is 30.3 Å². The van der Waals surface area contributed by atoms with Crippen molar-refractivity contribution in [1.82, 2.24) is 24.5 Å². The first-order chi connectivity index (χ1) is 14.3. The summed E-state index contributed by atoms with van der Waals surface area (Å²) in [5.74, 6) is 1.34. The van der Waals surface area contributed by atoms with Gasteiger partial charge in [-0.25, -0.2) is 9.97 Å². The van der Waals surface area contributed by atoms with Gasteiger partial charge < -0.3 is 5.73 Å². The molecular weight excluding hydrogens is 393 g/mol. The van der Waals surface area contributed by atoms with Crippen molar-refractivity contribution < 1.29 is 13.2 Å². The Bertz CT molecular complexity index is 1010. The van der Waals surface area contributed by atoms with Gasteiger partial charge in [0.1, 0.15) is 0 Å². The zero-order valence-corrected chi connectivity index (χ0v) is 16.9. The molecule has 2 heterocycles. The molecule has 0 bridgehead atoms. The lowest BCUT2D eigenvalue weighted by Gasteiger charge is -2.17. The first-order valence-electron chi connectivity index (χ1n) is 10.2. The molecule has 0 amide bonds. The van der Waals surface area contributed by atoms with Crippen LogP contribution in [0.2, 0.25) is 0 Å². The molecule has 0 aliphatic heterocycles. The van der Waals surface area contributed by atoms with Crippen LogP contribution in [-0.4, -0.2) is 50.8 Å². The Labute approximate surface area is 172 Å². The van der Waals surface area contributed by atoms with Gasteiger partial charge in [-0.05, 0) is 45.2 Å². The van der Waals surface area contributed by atoms with Crippen LogP contribution in [0.3, 0.4) is 0 Å². The summed E-state index contributed by atoms with van der Waals surface area (Å²) < 4.78 is 38.9. The monoisotopic (exact) mass is 418 g/mol. The summed E-state index contributed by atoms with van der Waals surface area (Å²) >= 11 is 0. The fraction of sp³-hybridized carbons (Fsp3) is 0.476. The predicted molar refractivity (Wildman–Crippen MR) is 109 cm³/mol. The second-order valence-corrected chi connectivity index (χ2v) is 7.95. The van der Waals surface area contributed by atoms with E-state index in [1.165, 1.54) is 11.9 Å². The highest BCUT2D eigenvalue weighted by Gasteiger charge is 2.32. The molecule has 1 saturated carbocycles. The number of fused-ring (bicyclic) bond motifs is 1. The molecule has 9 heteroatoms. The lowest BCUT2D eigenvalue weighted by molar-refractivity contribution is -0.143. The van der Waals surface area contributed by atoms with Crippen molar-refractivity contribution in [1.29, 1.82) is 0 Å². The molecule has 1 aromatic carbocycles. The number of unbranched alkanes of at least 4 members (excludes halogenated alkanes) is 1. The van der Waals surface area contributed by atoms with Crippen molar-refractivity contribution in [2.24, 2.45) is 0 Å². The van der Waals surface area contributed by atoms with E-state index < -0.39 is 12.7 Å². The number of aromatic nitrogens is 4. The average molecular weight is 418 g/mol. The SMILES string of the molecule is CN(CCCCc1nc2c(C3CC3)c(-c3ccccc3)nc(N)n2n1)CC(F)(F)F. The number of nitrogens with two attached hydrogens (primary N) is 1. The van der Waals surface area contributed by atoms with Crippen molar-refractivity contribution in [2.75, 3.05) is 25.9 Å². The van der Waals surface area contributed by atoms with E-state index in [9.17, 15) is 13.2 Å². The van der Waals surface area contributed by atoms with Crippen molar-refractivity contribution in [2.45, 2.75) is 44.2 Å². The molecule has 3 aromatic rings. The molecule has 1 aliphatic carbocycles. The number of hydrogen-bond acceptors (Lipinski definition) is 5. The molecule has 0 radical (unpaired) electrons. The fourth-order valence-corrected chi connectivity index (χ4v) is 3.74. The number of aryl methyl sites for hydroxylation is 1. The maximum Gasteiger partial charge on any atom is 0.401 e. The molecular formula is C21H25F3N6. The minimum absolute atomic E-state index is 0.289. The Hall–Kier alpha value is -2.68. The van der Waals surface area contributed by atoms with E-state index in [4.69, 9.17) is 10.7 Å². The summed E-state index contributed by atoms with van der Waals surface area (Å²) in [6, 6.07) is 9.93. The Kier molecular flexibility index (Phi) is 5.64. The highest BCUT2D eigenvalue weighted by molar-refractivity contribution is 5.73. The fourth-order valence-electron chi connectivity index (χ4n) is 3.74. The number of benzene rings is 1. The number of nitrogens with zero attached hydrogens (tertiary/aromatic N) is 5. The molecule has 0 saturated heterocycles. The third-order valence-electron chi connectivity index (χ3n) is 5.26. The summed E-state index contributed by atoms with van der Waals surface area (Å²) in [4.78, 5) is 10.6. The molecule has 0 atom stereocenters. The third-order valence-corrected chi connectivity index (χ3v) is 5.26. The van der Waals surface area contributed by atoms with E-state index in [1.807, 2.05) is 30.3 Å². The zero-order chi connectivity index (χ0) is 21.3. The van der Waals surface area contributed by atoms with Gasteiger partial charge in [0.25, 0.3) is 0 Å². The van der Waals surface area contributed by atoms with E-state index in [0.29, 0.717) is 37.5 Å². The Morgan fingerprint density at radius 2 is 1.87 bits per heavy atom. The summed E-state index contributed by atoms with van der Waals surface area (Å²) in [6.45, 7) is -0.517. The first-order valence-corrected chi connectivity index (χ1v) is 10.2. The third kappa shape index (κ3) is 4.72. The highest BCUT2D eigenvalue weighted by Crippen LogP contribution is 2.45. The molecule has 1 aliphatic rings. The molecule has 2 aromatic heterocycles. The molecule has 160 valence electrons. The van der Waals surface area contributed by atoms with Crippen molar-refractivity contribution in [3.63, 3.8) is 0 Å². The number of hydrogen-bond donors (Lipinski definition) is 1. The highest BCUT2D eigenvalue weighted by atomic mass is 19.4. The van der Waals surface area contributed by atoms with Gasteiger partial charge in [-0.3, -0.25) is 4.90 Å². The summed E-state index contributed by atoms with van der Waals surface area (Å²) in [7, 11) is 1.48. The van der Waals surface area contributed by atoms with Crippen LogP contribution >= 0.6 is 0 Å². The zero-order valence-electron chi connectivity index (χ0n) is 16.9. The van der Waals surface area contributed by atoms with Crippen molar-refractivity contribution in [3.05, 3.63) is 41.7 Å². The van der Waals surface area contributed by atoms with Gasteiger partial charge in [0.05, 0.1) is 12.2 Å². The van der Waals surface area contributed by atoms with Crippen LogP contribution in [0.1, 0.15) is 43.0 Å². The Morgan fingerprint density at radius 1 is 1.13 bits per heavy atom. The Balaban J connectivity index is 1.51. The summed E-state index contributed by atoms with van der Waals surface area (Å²) in [5, 5.41) is 4.52. The number of alkyl halides is 3. The van der Waals surface area contributed by atoms with E-state index in [-0.39, 0.29) is 5.95 Å². The van der Waals surface area contributed by atoms with E-state index in [2.05, 4.69) is 10.1 Å². The molecule has 0 spiro atoms. The summed E-state index contributed by atoms with van der Waals surface area (Å²) in [6.07, 6.45) is -0.0508. The molecule has 6 nitrogen and oxygen atoms in total. The van der Waals surface area contributed by atoms with Crippen molar-refractivity contribution in [3.8, 4) is 11.3 Å².